The molecule has 0 saturated heterocycles. The molecule has 0 amide bonds. The van der Waals surface area contributed by atoms with Gasteiger partial charge in [-0.05, 0) is 59.3 Å². The molecule has 0 aliphatic rings. The highest BCUT2D eigenvalue weighted by Crippen LogP contribution is 2.35. The normalized spacial score (nSPS) is 12.3. The van der Waals surface area contributed by atoms with E-state index in [2.05, 4.69) is 20.3 Å². The summed E-state index contributed by atoms with van der Waals surface area (Å²) in [6.07, 6.45) is 0. The molecular weight excluding hydrogens is 455 g/mol. The van der Waals surface area contributed by atoms with Crippen molar-refractivity contribution in [2.24, 2.45) is 0 Å². The third kappa shape index (κ3) is 4.32. The van der Waals surface area contributed by atoms with E-state index in [4.69, 9.17) is 23.2 Å². The third-order valence-electron chi connectivity index (χ3n) is 3.53. The molecule has 148 valence electrons. The van der Waals surface area contributed by atoms with Crippen LogP contribution in [-0.2, 0) is 20.2 Å². The average molecular weight is 465 g/mol. The Kier molecular flexibility index (Phi) is 5.20. The number of aryl methyl sites for hydroxylation is 1. The largest absolute Gasteiger partial charge is 0.323 e. The van der Waals surface area contributed by atoms with E-state index in [1.54, 1.807) is 6.92 Å². The summed E-state index contributed by atoms with van der Waals surface area (Å²) in [5.74, 6) is -0.114. The van der Waals surface area contributed by atoms with Crippen molar-refractivity contribution >= 4 is 65.8 Å². The van der Waals surface area contributed by atoms with Crippen molar-refractivity contribution in [1.29, 1.82) is 0 Å². The van der Waals surface area contributed by atoms with Crippen LogP contribution in [-0.4, -0.2) is 40.9 Å². The summed E-state index contributed by atoms with van der Waals surface area (Å²) in [6.45, 7) is 1.66. The summed E-state index contributed by atoms with van der Waals surface area (Å²) in [4.78, 5) is 9.78. The summed E-state index contributed by atoms with van der Waals surface area (Å²) in [6, 6.07) is 4.68. The van der Waals surface area contributed by atoms with Crippen LogP contribution in [0.25, 0.3) is 10.8 Å². The zero-order valence-corrected chi connectivity index (χ0v) is 16.9. The molecule has 3 N–H and O–H groups in total. The fourth-order valence-electron chi connectivity index (χ4n) is 2.55. The van der Waals surface area contributed by atoms with Crippen molar-refractivity contribution in [3.05, 3.63) is 40.4 Å². The zero-order valence-electron chi connectivity index (χ0n) is 13.8. The molecule has 1 heterocycles. The Hall–Kier alpha value is -2.09. The van der Waals surface area contributed by atoms with Gasteiger partial charge in [-0.25, -0.2) is 0 Å². The molecule has 14 heteroatoms. The fourth-order valence-corrected chi connectivity index (χ4v) is 4.30. The van der Waals surface area contributed by atoms with Gasteiger partial charge in [0, 0.05) is 5.39 Å². The lowest BCUT2D eigenvalue weighted by atomic mass is 10.1. The third-order valence-corrected chi connectivity index (χ3v) is 5.58. The smallest absolute Gasteiger partial charge is 0.295 e. The van der Waals surface area contributed by atoms with E-state index in [-0.39, 0.29) is 33.0 Å². The second-order valence-electron chi connectivity index (χ2n) is 5.60. The predicted molar refractivity (Wildman–Crippen MR) is 101 cm³/mol. The van der Waals surface area contributed by atoms with Crippen LogP contribution in [0.4, 0.5) is 11.6 Å². The van der Waals surface area contributed by atoms with Crippen LogP contribution in [0.5, 0.6) is 0 Å². The van der Waals surface area contributed by atoms with Gasteiger partial charge in [-0.15, -0.1) is 0 Å². The summed E-state index contributed by atoms with van der Waals surface area (Å²) >= 11 is 11.4. The maximum Gasteiger partial charge on any atom is 0.295 e. The minimum absolute atomic E-state index is 0.0619. The number of aromatic nitrogens is 3. The second-order valence-corrected chi connectivity index (χ2v) is 9.09. The molecule has 0 saturated carbocycles. The van der Waals surface area contributed by atoms with Crippen LogP contribution in [0.1, 0.15) is 5.56 Å². The average Bonchev–Trinajstić information content (AvgIpc) is 2.50. The van der Waals surface area contributed by atoms with Crippen molar-refractivity contribution in [2.45, 2.75) is 16.7 Å². The summed E-state index contributed by atoms with van der Waals surface area (Å²) in [7, 11) is -9.61. The monoisotopic (exact) mass is 464 g/mol. The van der Waals surface area contributed by atoms with Gasteiger partial charge in [-0.1, -0.05) is 6.07 Å². The van der Waals surface area contributed by atoms with Crippen LogP contribution >= 0.6 is 23.2 Å². The lowest BCUT2D eigenvalue weighted by molar-refractivity contribution is 0.482. The first-order valence-corrected chi connectivity index (χ1v) is 10.9. The number of nitrogens with one attached hydrogen (secondary N) is 1. The SMILES string of the molecule is Cc1cc(Nc2nc(Cl)nc(Cl)n2)c2c(S(=O)(=O)O)cc(S(=O)(=O)O)cc2c1. The van der Waals surface area contributed by atoms with Crippen LogP contribution in [0, 0.1) is 6.92 Å². The number of anilines is 2. The molecule has 0 fully saturated rings. The van der Waals surface area contributed by atoms with Gasteiger partial charge in [0.15, 0.2) is 0 Å². The topological polar surface area (TPSA) is 159 Å². The number of rotatable bonds is 4. The molecule has 0 bridgehead atoms. The molecule has 0 aliphatic heterocycles. The Morgan fingerprint density at radius 2 is 1.50 bits per heavy atom. The first-order chi connectivity index (χ1) is 12.8. The number of nitrogens with zero attached hydrogens (tertiary/aromatic N) is 3. The van der Waals surface area contributed by atoms with Gasteiger partial charge in [0.1, 0.15) is 4.90 Å². The van der Waals surface area contributed by atoms with Gasteiger partial charge < -0.3 is 5.32 Å². The van der Waals surface area contributed by atoms with E-state index in [9.17, 15) is 25.9 Å². The molecule has 0 atom stereocenters. The Labute approximate surface area is 169 Å². The number of hydrogen-bond acceptors (Lipinski definition) is 8. The Balaban J connectivity index is 2.37. The van der Waals surface area contributed by atoms with Gasteiger partial charge in [0.2, 0.25) is 16.5 Å². The van der Waals surface area contributed by atoms with E-state index < -0.39 is 30.0 Å². The molecule has 1 aromatic heterocycles. The molecule has 0 spiro atoms. The maximum atomic E-state index is 11.9. The van der Waals surface area contributed by atoms with Crippen LogP contribution in [0.3, 0.4) is 0 Å². The standard InChI is InChI=1S/C14H10Cl2N4O6S2/c1-6-2-7-4-8(27(21,22)23)5-10(28(24,25)26)11(7)9(3-6)17-14-19-12(15)18-13(16)20-14/h2-5H,1H3,(H,21,22,23)(H,24,25,26)(H,17,18,19,20). The molecular formula is C14H10Cl2N4O6S2. The Morgan fingerprint density at radius 1 is 0.893 bits per heavy atom. The van der Waals surface area contributed by atoms with Gasteiger partial charge in [0.25, 0.3) is 20.2 Å². The second kappa shape index (κ2) is 7.06. The van der Waals surface area contributed by atoms with E-state index in [0.29, 0.717) is 11.6 Å². The van der Waals surface area contributed by atoms with Crippen molar-refractivity contribution in [3.8, 4) is 0 Å². The lowest BCUT2D eigenvalue weighted by Gasteiger charge is -2.14. The minimum atomic E-state index is -4.88. The Morgan fingerprint density at radius 3 is 2.04 bits per heavy atom. The molecule has 0 aliphatic carbocycles. The highest BCUT2D eigenvalue weighted by atomic mass is 35.5. The highest BCUT2D eigenvalue weighted by Gasteiger charge is 2.23. The molecule has 10 nitrogen and oxygen atoms in total. The molecule has 3 rings (SSSR count). The molecule has 3 aromatic rings. The van der Waals surface area contributed by atoms with E-state index in [1.807, 2.05) is 0 Å². The summed E-state index contributed by atoms with van der Waals surface area (Å²) in [5.41, 5.74) is 0.706. The van der Waals surface area contributed by atoms with Gasteiger partial charge in [0.05, 0.1) is 10.6 Å². The van der Waals surface area contributed by atoms with E-state index in [0.717, 1.165) is 6.07 Å². The predicted octanol–water partition coefficient (Wildman–Crippen LogP) is 2.88. The van der Waals surface area contributed by atoms with E-state index in [1.165, 1.54) is 12.1 Å². The quantitative estimate of drug-likeness (QED) is 0.489. The fraction of sp³-hybridized carbons (Fsp3) is 0.0714. The molecule has 0 radical (unpaired) electrons. The van der Waals surface area contributed by atoms with Crippen LogP contribution in [0.15, 0.2) is 34.1 Å². The first kappa shape index (κ1) is 20.6. The molecule has 28 heavy (non-hydrogen) atoms. The van der Waals surface area contributed by atoms with E-state index >= 15 is 0 Å². The number of hydrogen-bond donors (Lipinski definition) is 3. The maximum absolute atomic E-state index is 11.9. The first-order valence-electron chi connectivity index (χ1n) is 7.22. The Bertz CT molecular complexity index is 1310. The highest BCUT2D eigenvalue weighted by molar-refractivity contribution is 7.86. The van der Waals surface area contributed by atoms with Gasteiger partial charge in [-0.2, -0.15) is 31.8 Å². The van der Waals surface area contributed by atoms with Gasteiger partial charge >= 0.3 is 0 Å². The number of halogens is 2. The van der Waals surface area contributed by atoms with Crippen molar-refractivity contribution in [1.82, 2.24) is 15.0 Å². The van der Waals surface area contributed by atoms with Crippen LogP contribution in [0.2, 0.25) is 10.6 Å². The lowest BCUT2D eigenvalue weighted by Crippen LogP contribution is -2.07. The van der Waals surface area contributed by atoms with Gasteiger partial charge in [-0.3, -0.25) is 9.11 Å². The summed E-state index contributed by atoms with van der Waals surface area (Å²) in [5, 5.41) is 2.33. The van der Waals surface area contributed by atoms with Crippen LogP contribution < -0.4 is 5.32 Å². The van der Waals surface area contributed by atoms with Crippen molar-refractivity contribution in [2.75, 3.05) is 5.32 Å². The molecule has 2 aromatic carbocycles. The summed E-state index contributed by atoms with van der Waals surface area (Å²) < 4.78 is 65.7. The number of benzene rings is 2. The number of fused-ring (bicyclic) bond motifs is 1. The minimum Gasteiger partial charge on any atom is -0.323 e. The zero-order chi connectivity index (χ0) is 20.9. The van der Waals surface area contributed by atoms with Crippen molar-refractivity contribution in [3.63, 3.8) is 0 Å². The molecule has 0 unspecified atom stereocenters. The van der Waals surface area contributed by atoms with Crippen molar-refractivity contribution < 1.29 is 25.9 Å².